The summed E-state index contributed by atoms with van der Waals surface area (Å²) < 4.78 is 39.6. The van der Waals surface area contributed by atoms with Crippen LogP contribution in [0.3, 0.4) is 0 Å². The highest BCUT2D eigenvalue weighted by molar-refractivity contribution is 7.14. The van der Waals surface area contributed by atoms with Gasteiger partial charge in [-0.25, -0.2) is 9.78 Å². The Kier molecular flexibility index (Phi) is 4.79. The molecule has 0 saturated heterocycles. The lowest BCUT2D eigenvalue weighted by molar-refractivity contribution is -0.137. The smallest absolute Gasteiger partial charge is 0.384 e. The minimum Gasteiger partial charge on any atom is -0.384 e. The largest absolute Gasteiger partial charge is 0.416 e. The van der Waals surface area contributed by atoms with Gasteiger partial charge in [0.2, 0.25) is 0 Å². The number of benzene rings is 1. The molecule has 0 amide bonds. The van der Waals surface area contributed by atoms with Crippen LogP contribution in [0.1, 0.15) is 12.5 Å². The minimum absolute atomic E-state index is 0.0258. The van der Waals surface area contributed by atoms with Crippen LogP contribution in [0.5, 0.6) is 0 Å². The zero-order chi connectivity index (χ0) is 19.8. The lowest BCUT2D eigenvalue weighted by atomic mass is 10.2. The molecule has 0 unspecified atom stereocenters. The summed E-state index contributed by atoms with van der Waals surface area (Å²) in [4.78, 5) is 30.2. The lowest BCUT2D eigenvalue weighted by Crippen LogP contribution is -2.32. The molecule has 27 heavy (non-hydrogen) atoms. The second-order valence-corrected chi connectivity index (χ2v) is 6.36. The molecule has 2 heterocycles. The van der Waals surface area contributed by atoms with Crippen LogP contribution in [0, 0.1) is 0 Å². The number of hydrogen-bond donors (Lipinski definition) is 3. The second-order valence-electron chi connectivity index (χ2n) is 5.51. The average molecular weight is 397 g/mol. The van der Waals surface area contributed by atoms with Crippen molar-refractivity contribution in [3.63, 3.8) is 0 Å². The summed E-state index contributed by atoms with van der Waals surface area (Å²) >= 11 is 1.09. The quantitative estimate of drug-likeness (QED) is 0.628. The van der Waals surface area contributed by atoms with Gasteiger partial charge in [0.1, 0.15) is 11.4 Å². The summed E-state index contributed by atoms with van der Waals surface area (Å²) in [5.74, 6) is -0.0258. The zero-order valence-corrected chi connectivity index (χ0v) is 14.7. The maximum absolute atomic E-state index is 12.8. The average Bonchev–Trinajstić information content (AvgIpc) is 3.02. The van der Waals surface area contributed by atoms with Gasteiger partial charge in [0, 0.05) is 17.6 Å². The van der Waals surface area contributed by atoms with Gasteiger partial charge in [0.05, 0.1) is 11.3 Å². The molecule has 7 nitrogen and oxygen atoms in total. The molecule has 0 spiro atoms. The van der Waals surface area contributed by atoms with E-state index in [2.05, 4.69) is 15.3 Å². The summed E-state index contributed by atoms with van der Waals surface area (Å²) in [5.41, 5.74) is 4.27. The Morgan fingerprint density at radius 3 is 2.74 bits per heavy atom. The number of hydrogen-bond acceptors (Lipinski definition) is 6. The fraction of sp³-hybridized carbons (Fsp3) is 0.188. The molecule has 2 aromatic heterocycles. The van der Waals surface area contributed by atoms with Gasteiger partial charge in [-0.05, 0) is 25.1 Å². The molecular weight excluding hydrogens is 383 g/mol. The number of thiazole rings is 1. The molecule has 1 aromatic carbocycles. The van der Waals surface area contributed by atoms with Gasteiger partial charge in [0.15, 0.2) is 5.13 Å². The summed E-state index contributed by atoms with van der Waals surface area (Å²) in [6, 6.07) is 4.67. The van der Waals surface area contributed by atoms with Gasteiger partial charge in [-0.1, -0.05) is 6.07 Å². The Labute approximate surface area is 154 Å². The third-order valence-electron chi connectivity index (χ3n) is 3.76. The maximum atomic E-state index is 12.8. The van der Waals surface area contributed by atoms with E-state index < -0.39 is 23.0 Å². The van der Waals surface area contributed by atoms with Gasteiger partial charge in [-0.15, -0.1) is 11.3 Å². The highest BCUT2D eigenvalue weighted by atomic mass is 32.1. The first-order chi connectivity index (χ1) is 12.7. The van der Waals surface area contributed by atoms with Gasteiger partial charge in [-0.3, -0.25) is 14.3 Å². The predicted octanol–water partition coefficient (Wildman–Crippen LogP) is 3.02. The lowest BCUT2D eigenvalue weighted by Gasteiger charge is -2.09. The molecule has 3 aromatic rings. The van der Waals surface area contributed by atoms with E-state index in [1.54, 1.807) is 6.92 Å². The van der Waals surface area contributed by atoms with Crippen LogP contribution in [-0.4, -0.2) is 14.5 Å². The third kappa shape index (κ3) is 3.72. The second kappa shape index (κ2) is 6.91. The summed E-state index contributed by atoms with van der Waals surface area (Å²) in [6.45, 7) is 1.95. The molecule has 0 bridgehead atoms. The number of alkyl halides is 3. The Hall–Kier alpha value is -3.08. The first-order valence-electron chi connectivity index (χ1n) is 7.73. The molecule has 3 rings (SSSR count). The van der Waals surface area contributed by atoms with Crippen LogP contribution in [-0.2, 0) is 12.7 Å². The molecular formula is C16H14F3N5O2S. The van der Waals surface area contributed by atoms with Crippen molar-refractivity contribution in [1.29, 1.82) is 0 Å². The van der Waals surface area contributed by atoms with Crippen molar-refractivity contribution in [1.82, 2.24) is 14.5 Å². The first-order valence-corrected chi connectivity index (χ1v) is 8.61. The number of aromatic nitrogens is 3. The molecule has 0 radical (unpaired) electrons. The number of nitrogens with two attached hydrogens (primary N) is 1. The van der Waals surface area contributed by atoms with Crippen molar-refractivity contribution >= 4 is 28.0 Å². The highest BCUT2D eigenvalue weighted by Crippen LogP contribution is 2.32. The molecule has 0 aliphatic heterocycles. The normalized spacial score (nSPS) is 11.6. The fourth-order valence-electron chi connectivity index (χ4n) is 2.49. The summed E-state index contributed by atoms with van der Waals surface area (Å²) in [6.07, 6.45) is -4.46. The third-order valence-corrected chi connectivity index (χ3v) is 4.52. The van der Waals surface area contributed by atoms with Crippen LogP contribution in [0.2, 0.25) is 0 Å². The van der Waals surface area contributed by atoms with Gasteiger partial charge < -0.3 is 11.1 Å². The SMILES string of the molecule is CCn1c(N)c(-c2csc(Nc3cccc(C(F)(F)F)c3)n2)c(=O)[nH]c1=O. The van der Waals surface area contributed by atoms with Crippen molar-refractivity contribution < 1.29 is 13.2 Å². The maximum Gasteiger partial charge on any atom is 0.416 e. The number of nitrogen functional groups attached to an aromatic ring is 1. The minimum atomic E-state index is -4.46. The number of anilines is 3. The molecule has 0 aliphatic carbocycles. The van der Waals surface area contributed by atoms with E-state index in [9.17, 15) is 22.8 Å². The van der Waals surface area contributed by atoms with E-state index in [1.807, 2.05) is 0 Å². The van der Waals surface area contributed by atoms with E-state index in [4.69, 9.17) is 5.73 Å². The Morgan fingerprint density at radius 1 is 1.33 bits per heavy atom. The number of aromatic amines is 1. The van der Waals surface area contributed by atoms with Crippen molar-refractivity contribution in [2.75, 3.05) is 11.1 Å². The number of rotatable bonds is 4. The Bertz CT molecular complexity index is 1100. The molecule has 0 aliphatic rings. The molecule has 0 saturated carbocycles. The van der Waals surface area contributed by atoms with Crippen molar-refractivity contribution in [2.45, 2.75) is 19.6 Å². The van der Waals surface area contributed by atoms with E-state index in [-0.39, 0.29) is 34.4 Å². The van der Waals surface area contributed by atoms with Crippen molar-refractivity contribution in [3.8, 4) is 11.3 Å². The van der Waals surface area contributed by atoms with Crippen molar-refractivity contribution in [2.24, 2.45) is 0 Å². The van der Waals surface area contributed by atoms with Crippen LogP contribution in [0.15, 0.2) is 39.2 Å². The van der Waals surface area contributed by atoms with Gasteiger partial charge in [0.25, 0.3) is 5.56 Å². The number of nitrogens with one attached hydrogen (secondary N) is 2. The van der Waals surface area contributed by atoms with Crippen LogP contribution in [0.4, 0.5) is 29.8 Å². The van der Waals surface area contributed by atoms with Gasteiger partial charge in [-0.2, -0.15) is 13.2 Å². The number of halogens is 3. The van der Waals surface area contributed by atoms with Crippen molar-refractivity contribution in [3.05, 3.63) is 56.0 Å². The Morgan fingerprint density at radius 2 is 2.07 bits per heavy atom. The standard InChI is InChI=1S/C16H14F3N5O2S/c1-2-24-12(20)11(13(25)23-15(24)26)10-7-27-14(22-10)21-9-5-3-4-8(6-9)16(17,18)19/h3-7H,2,20H2,1H3,(H,21,22)(H,23,25,26). The zero-order valence-electron chi connectivity index (χ0n) is 13.9. The van der Waals surface area contributed by atoms with Gasteiger partial charge >= 0.3 is 11.9 Å². The molecule has 11 heteroatoms. The predicted molar refractivity (Wildman–Crippen MR) is 97.2 cm³/mol. The summed E-state index contributed by atoms with van der Waals surface area (Å²) in [5, 5.41) is 4.58. The number of H-pyrrole nitrogens is 1. The van der Waals surface area contributed by atoms with Crippen LogP contribution >= 0.6 is 11.3 Å². The molecule has 0 fully saturated rings. The number of nitrogens with zero attached hydrogens (tertiary/aromatic N) is 2. The van der Waals surface area contributed by atoms with E-state index >= 15 is 0 Å². The highest BCUT2D eigenvalue weighted by Gasteiger charge is 2.30. The summed E-state index contributed by atoms with van der Waals surface area (Å²) in [7, 11) is 0. The van der Waals surface area contributed by atoms with Crippen LogP contribution in [0.25, 0.3) is 11.3 Å². The molecule has 0 atom stereocenters. The van der Waals surface area contributed by atoms with E-state index in [0.717, 1.165) is 23.5 Å². The van der Waals surface area contributed by atoms with E-state index in [1.165, 1.54) is 22.1 Å². The monoisotopic (exact) mass is 397 g/mol. The Balaban J connectivity index is 1.95. The molecule has 4 N–H and O–H groups in total. The molecule has 142 valence electrons. The van der Waals surface area contributed by atoms with E-state index in [0.29, 0.717) is 0 Å². The first kappa shape index (κ1) is 18.7. The fourth-order valence-corrected chi connectivity index (χ4v) is 3.21. The van der Waals surface area contributed by atoms with Crippen LogP contribution < -0.4 is 22.3 Å². The topological polar surface area (TPSA) is 106 Å².